The number of rotatable bonds is 15. The van der Waals surface area contributed by atoms with E-state index in [4.69, 9.17) is 9.47 Å². The molecule has 0 radical (unpaired) electrons. The zero-order valence-corrected chi connectivity index (χ0v) is 28.9. The first kappa shape index (κ1) is 36.3. The second kappa shape index (κ2) is 14.3. The van der Waals surface area contributed by atoms with Crippen molar-refractivity contribution in [3.8, 4) is 0 Å². The Hall–Kier alpha value is -3.50. The molecule has 3 heterocycles. The Kier molecular flexibility index (Phi) is 11.1. The third-order valence-electron chi connectivity index (χ3n) is 9.77. The van der Waals surface area contributed by atoms with Gasteiger partial charge in [-0.15, -0.1) is 13.2 Å². The number of carbonyl (C=O) groups is 4. The Bertz CT molecular complexity index is 1340. The Morgan fingerprint density at radius 2 is 1.85 bits per heavy atom. The second-order valence-electron chi connectivity index (χ2n) is 15.1. The number of nitrogens with one attached hydrogen (secondary N) is 1. The number of aliphatic hydroxyl groups is 1. The summed E-state index contributed by atoms with van der Waals surface area (Å²) in [5, 5.41) is 13.3. The third-order valence-corrected chi connectivity index (χ3v) is 9.77. The molecule has 2 N–H and O–H groups in total. The lowest BCUT2D eigenvalue weighted by Gasteiger charge is -2.46. The van der Waals surface area contributed by atoms with Gasteiger partial charge in [-0.2, -0.15) is 0 Å². The van der Waals surface area contributed by atoms with Gasteiger partial charge < -0.3 is 29.7 Å². The van der Waals surface area contributed by atoms with Crippen LogP contribution in [-0.2, 0) is 28.7 Å². The molecule has 3 aliphatic rings. The zero-order valence-electron chi connectivity index (χ0n) is 28.9. The normalized spacial score (nSPS) is 26.4. The number of allylic oxidation sites excluding steroid dienone is 1. The molecule has 1 spiro atoms. The minimum atomic E-state index is -1.22. The monoisotopic (exact) mass is 651 g/mol. The highest BCUT2D eigenvalue weighted by atomic mass is 16.5. The average Bonchev–Trinajstić information content (AvgIpc) is 3.66. The van der Waals surface area contributed by atoms with Gasteiger partial charge in [0.15, 0.2) is 0 Å². The lowest BCUT2D eigenvalue weighted by atomic mass is 9.70. The first-order chi connectivity index (χ1) is 22.1. The van der Waals surface area contributed by atoms with Crippen molar-refractivity contribution in [1.82, 2.24) is 15.1 Å². The van der Waals surface area contributed by atoms with Crippen LogP contribution in [-0.4, -0.2) is 87.7 Å². The van der Waals surface area contributed by atoms with Crippen molar-refractivity contribution >= 4 is 23.7 Å². The van der Waals surface area contributed by atoms with Gasteiger partial charge in [0.05, 0.1) is 36.6 Å². The summed E-state index contributed by atoms with van der Waals surface area (Å²) >= 11 is 0. The molecule has 10 heteroatoms. The van der Waals surface area contributed by atoms with Crippen LogP contribution in [0.25, 0.3) is 0 Å². The lowest BCUT2D eigenvalue weighted by molar-refractivity contribution is -0.155. The molecule has 3 saturated heterocycles. The van der Waals surface area contributed by atoms with Gasteiger partial charge in [0.25, 0.3) is 0 Å². The van der Waals surface area contributed by atoms with Crippen LogP contribution in [0.4, 0.5) is 0 Å². The Balaban J connectivity index is 1.68. The van der Waals surface area contributed by atoms with E-state index in [1.54, 1.807) is 24.0 Å². The maximum Gasteiger partial charge on any atom is 0.306 e. The first-order valence-electron chi connectivity index (χ1n) is 16.8. The summed E-state index contributed by atoms with van der Waals surface area (Å²) in [6.07, 6.45) is 5.06. The van der Waals surface area contributed by atoms with Gasteiger partial charge in [-0.05, 0) is 57.4 Å². The molecule has 258 valence electrons. The SMILES string of the molecule is C=CCCC(=O)OC[C@@H](NC(=O)[C@@H]1[C@H]2C(=O)N([C@H](C)CO)[C@H](C(=O)N(CC=C)C(C)(C)CC(C)(C)C)[C@]23CC[C@H]1O3)c1ccccc1. The fourth-order valence-electron chi connectivity index (χ4n) is 8.18. The van der Waals surface area contributed by atoms with E-state index in [2.05, 4.69) is 39.2 Å². The van der Waals surface area contributed by atoms with Gasteiger partial charge in [0, 0.05) is 18.5 Å². The van der Waals surface area contributed by atoms with Crippen molar-refractivity contribution in [2.45, 2.75) is 109 Å². The number of benzene rings is 1. The standard InChI is InChI=1S/C37H53N3O7/c1-9-11-17-28(42)46-22-26(25-15-13-12-14-16-25)38-32(43)29-27-18-19-37(47-27)30(29)33(44)40(24(3)21-41)31(37)34(45)39(20-10-2)36(7,8)23-35(4,5)6/h9-10,12-16,24,26-27,29-31,41H,1-2,11,17-23H2,3-8H3,(H,38,43)/t24-,26-,27-,29+,30+,31-,37+/m1/s1. The predicted molar refractivity (Wildman–Crippen MR) is 179 cm³/mol. The number of aliphatic hydroxyl groups excluding tert-OH is 1. The lowest BCUT2D eigenvalue weighted by Crippen LogP contribution is -2.62. The molecule has 47 heavy (non-hydrogen) atoms. The molecule has 0 aromatic heterocycles. The highest BCUT2D eigenvalue weighted by Crippen LogP contribution is 2.59. The van der Waals surface area contributed by atoms with Gasteiger partial charge in [0.2, 0.25) is 17.7 Å². The highest BCUT2D eigenvalue weighted by molar-refractivity contribution is 5.99. The van der Waals surface area contributed by atoms with E-state index in [1.807, 2.05) is 44.2 Å². The number of amides is 3. The molecule has 2 bridgehead atoms. The molecule has 3 amide bonds. The minimum absolute atomic E-state index is 0.0815. The zero-order chi connectivity index (χ0) is 34.7. The molecule has 1 aromatic rings. The van der Waals surface area contributed by atoms with Crippen LogP contribution in [0, 0.1) is 17.3 Å². The van der Waals surface area contributed by atoms with Gasteiger partial charge in [-0.25, -0.2) is 0 Å². The summed E-state index contributed by atoms with van der Waals surface area (Å²) in [5.74, 6) is -3.21. The van der Waals surface area contributed by atoms with Crippen LogP contribution in [0.1, 0.15) is 85.3 Å². The maximum absolute atomic E-state index is 14.8. The summed E-state index contributed by atoms with van der Waals surface area (Å²) in [4.78, 5) is 59.0. The number of hydrogen-bond acceptors (Lipinski definition) is 7. The number of likely N-dealkylation sites (tertiary alicyclic amines) is 1. The quantitative estimate of drug-likeness (QED) is 0.214. The van der Waals surface area contributed by atoms with Crippen LogP contribution in [0.15, 0.2) is 55.6 Å². The molecule has 0 unspecified atom stereocenters. The van der Waals surface area contributed by atoms with Crippen LogP contribution in [0.2, 0.25) is 0 Å². The van der Waals surface area contributed by atoms with Gasteiger partial charge >= 0.3 is 5.97 Å². The maximum atomic E-state index is 14.8. The number of nitrogens with zero attached hydrogens (tertiary/aromatic N) is 2. The first-order valence-corrected chi connectivity index (χ1v) is 16.8. The molecule has 3 aliphatic heterocycles. The number of hydrogen-bond donors (Lipinski definition) is 2. The number of carbonyl (C=O) groups excluding carboxylic acids is 4. The Labute approximate surface area is 279 Å². The Morgan fingerprint density at radius 3 is 2.45 bits per heavy atom. The van der Waals surface area contributed by atoms with E-state index in [0.29, 0.717) is 25.7 Å². The predicted octanol–water partition coefficient (Wildman–Crippen LogP) is 4.34. The topological polar surface area (TPSA) is 125 Å². The van der Waals surface area contributed by atoms with Crippen molar-refractivity contribution in [2.75, 3.05) is 19.8 Å². The fraction of sp³-hybridized carbons (Fsp3) is 0.622. The molecular formula is C37H53N3O7. The van der Waals surface area contributed by atoms with Crippen molar-refractivity contribution in [3.63, 3.8) is 0 Å². The Morgan fingerprint density at radius 1 is 1.17 bits per heavy atom. The highest BCUT2D eigenvalue weighted by Gasteiger charge is 2.75. The van der Waals surface area contributed by atoms with E-state index < -0.39 is 59.1 Å². The van der Waals surface area contributed by atoms with Crippen molar-refractivity contribution in [3.05, 3.63) is 61.2 Å². The van der Waals surface area contributed by atoms with Crippen LogP contribution in [0.5, 0.6) is 0 Å². The molecule has 10 nitrogen and oxygen atoms in total. The minimum Gasteiger partial charge on any atom is -0.463 e. The molecule has 1 aromatic carbocycles. The largest absolute Gasteiger partial charge is 0.463 e. The number of esters is 1. The molecule has 7 atom stereocenters. The number of ether oxygens (including phenoxy) is 2. The van der Waals surface area contributed by atoms with E-state index in [0.717, 1.165) is 5.56 Å². The summed E-state index contributed by atoms with van der Waals surface area (Å²) < 4.78 is 12.2. The van der Waals surface area contributed by atoms with Crippen molar-refractivity contribution in [1.29, 1.82) is 0 Å². The second-order valence-corrected chi connectivity index (χ2v) is 15.1. The summed E-state index contributed by atoms with van der Waals surface area (Å²) in [6.45, 7) is 19.5. The van der Waals surface area contributed by atoms with E-state index >= 15 is 0 Å². The van der Waals surface area contributed by atoms with E-state index in [-0.39, 0.29) is 43.4 Å². The van der Waals surface area contributed by atoms with Gasteiger partial charge in [0.1, 0.15) is 18.2 Å². The number of fused-ring (bicyclic) bond motifs is 1. The third kappa shape index (κ3) is 7.33. The summed E-state index contributed by atoms with van der Waals surface area (Å²) in [6, 6.07) is 6.87. The van der Waals surface area contributed by atoms with Gasteiger partial charge in [-0.3, -0.25) is 19.2 Å². The van der Waals surface area contributed by atoms with Crippen LogP contribution < -0.4 is 5.32 Å². The van der Waals surface area contributed by atoms with Crippen LogP contribution in [0.3, 0.4) is 0 Å². The average molecular weight is 652 g/mol. The van der Waals surface area contributed by atoms with Crippen LogP contribution >= 0.6 is 0 Å². The smallest absolute Gasteiger partial charge is 0.306 e. The molecular weight excluding hydrogens is 598 g/mol. The molecule has 0 saturated carbocycles. The molecule has 0 aliphatic carbocycles. The van der Waals surface area contributed by atoms with Gasteiger partial charge in [-0.1, -0.05) is 63.3 Å². The molecule has 3 fully saturated rings. The van der Waals surface area contributed by atoms with Crippen molar-refractivity contribution in [2.24, 2.45) is 17.3 Å². The van der Waals surface area contributed by atoms with Crippen molar-refractivity contribution < 1.29 is 33.8 Å². The van der Waals surface area contributed by atoms with E-state index in [1.165, 1.54) is 4.90 Å². The van der Waals surface area contributed by atoms with E-state index in [9.17, 15) is 24.3 Å². The summed E-state index contributed by atoms with van der Waals surface area (Å²) in [5.41, 5.74) is -1.15. The summed E-state index contributed by atoms with van der Waals surface area (Å²) in [7, 11) is 0. The molecule has 4 rings (SSSR count). The fourth-order valence-corrected chi connectivity index (χ4v) is 8.18.